The molecule has 24 heavy (non-hydrogen) atoms. The van der Waals surface area contributed by atoms with Gasteiger partial charge in [0.05, 0.1) is 11.7 Å². The number of likely N-dealkylation sites (tertiary alicyclic amines) is 1. The van der Waals surface area contributed by atoms with Crippen LogP contribution in [0, 0.1) is 0 Å². The summed E-state index contributed by atoms with van der Waals surface area (Å²) in [5.74, 6) is 0.778. The zero-order chi connectivity index (χ0) is 16.8. The van der Waals surface area contributed by atoms with E-state index >= 15 is 0 Å². The number of ether oxygens (including phenoxy) is 3. The molecular weight excluding hydrogens is 306 g/mol. The Labute approximate surface area is 143 Å². The number of nitrogens with zero attached hydrogens (tertiary/aromatic N) is 1. The molecule has 0 radical (unpaired) electrons. The van der Waals surface area contributed by atoms with Crippen molar-refractivity contribution in [1.82, 2.24) is 4.90 Å². The smallest absolute Gasteiger partial charge is 0.260 e. The number of rotatable bonds is 5. The van der Waals surface area contributed by atoms with Crippen molar-refractivity contribution < 1.29 is 19.0 Å². The van der Waals surface area contributed by atoms with Gasteiger partial charge < -0.3 is 19.1 Å². The average molecular weight is 333 g/mol. The van der Waals surface area contributed by atoms with Crippen molar-refractivity contribution in [3.05, 3.63) is 30.3 Å². The minimum absolute atomic E-state index is 0.0471. The number of carbonyl (C=O) groups is 1. The quantitative estimate of drug-likeness (QED) is 0.831. The SMILES string of the molecule is CCO[C@H]1CCOC2(CCN(C(=O)COc3ccccc3)CC2)C1. The number of para-hydroxylation sites is 1. The predicted octanol–water partition coefficient (Wildman–Crippen LogP) is 2.64. The van der Waals surface area contributed by atoms with Crippen LogP contribution in [-0.2, 0) is 14.3 Å². The highest BCUT2D eigenvalue weighted by Crippen LogP contribution is 2.36. The van der Waals surface area contributed by atoms with Gasteiger partial charge in [0.2, 0.25) is 0 Å². The van der Waals surface area contributed by atoms with Gasteiger partial charge in [-0.25, -0.2) is 0 Å². The number of carbonyl (C=O) groups excluding carboxylic acids is 1. The molecule has 3 rings (SSSR count). The van der Waals surface area contributed by atoms with Gasteiger partial charge in [-0.3, -0.25) is 4.79 Å². The molecule has 1 atom stereocenters. The molecule has 0 aliphatic carbocycles. The summed E-state index contributed by atoms with van der Waals surface area (Å²) in [7, 11) is 0. The number of benzene rings is 1. The lowest BCUT2D eigenvalue weighted by molar-refractivity contribution is -0.161. The van der Waals surface area contributed by atoms with Crippen LogP contribution in [0.15, 0.2) is 30.3 Å². The van der Waals surface area contributed by atoms with Crippen LogP contribution < -0.4 is 4.74 Å². The lowest BCUT2D eigenvalue weighted by Crippen LogP contribution is -2.52. The molecule has 0 N–H and O–H groups in total. The van der Waals surface area contributed by atoms with Crippen LogP contribution in [0.3, 0.4) is 0 Å². The summed E-state index contributed by atoms with van der Waals surface area (Å²) in [6, 6.07) is 9.46. The molecule has 1 amide bonds. The van der Waals surface area contributed by atoms with Crippen LogP contribution in [0.25, 0.3) is 0 Å². The molecule has 0 saturated carbocycles. The van der Waals surface area contributed by atoms with Crippen molar-refractivity contribution in [3.8, 4) is 5.75 Å². The molecule has 2 fully saturated rings. The summed E-state index contributed by atoms with van der Waals surface area (Å²) in [6.07, 6.45) is 3.99. The van der Waals surface area contributed by atoms with Crippen molar-refractivity contribution in [1.29, 1.82) is 0 Å². The second-order valence-corrected chi connectivity index (χ2v) is 6.58. The maximum Gasteiger partial charge on any atom is 0.260 e. The Bertz CT molecular complexity index is 523. The van der Waals surface area contributed by atoms with Crippen LogP contribution in [0.1, 0.15) is 32.6 Å². The van der Waals surface area contributed by atoms with E-state index in [2.05, 4.69) is 0 Å². The molecule has 0 bridgehead atoms. The minimum Gasteiger partial charge on any atom is -0.484 e. The fraction of sp³-hybridized carbons (Fsp3) is 0.632. The zero-order valence-electron chi connectivity index (χ0n) is 14.4. The molecular formula is C19H27NO4. The topological polar surface area (TPSA) is 48.0 Å². The standard InChI is InChI=1S/C19H27NO4/c1-2-22-17-8-13-24-19(14-17)9-11-20(12-10-19)18(21)15-23-16-6-4-3-5-7-16/h3-7,17H,2,8-15H2,1H3/t17-/m0/s1. The summed E-state index contributed by atoms with van der Waals surface area (Å²) in [5.41, 5.74) is -0.102. The highest BCUT2D eigenvalue weighted by Gasteiger charge is 2.41. The van der Waals surface area contributed by atoms with Crippen molar-refractivity contribution >= 4 is 5.91 Å². The molecule has 1 spiro atoms. The Morgan fingerprint density at radius 1 is 1.29 bits per heavy atom. The summed E-state index contributed by atoms with van der Waals surface area (Å²) in [6.45, 7) is 5.11. The number of piperidine rings is 1. The van der Waals surface area contributed by atoms with Crippen LogP contribution in [0.4, 0.5) is 0 Å². The van der Waals surface area contributed by atoms with Crippen molar-refractivity contribution in [2.75, 3.05) is 32.9 Å². The lowest BCUT2D eigenvalue weighted by atomic mass is 9.83. The third kappa shape index (κ3) is 4.28. The molecule has 2 saturated heterocycles. The van der Waals surface area contributed by atoms with Crippen LogP contribution in [0.5, 0.6) is 5.75 Å². The third-order valence-corrected chi connectivity index (χ3v) is 4.98. The van der Waals surface area contributed by atoms with Gasteiger partial charge >= 0.3 is 0 Å². The Morgan fingerprint density at radius 2 is 2.04 bits per heavy atom. The molecule has 0 aromatic heterocycles. The fourth-order valence-electron chi connectivity index (χ4n) is 3.63. The molecule has 132 valence electrons. The van der Waals surface area contributed by atoms with Gasteiger partial charge in [-0.15, -0.1) is 0 Å². The number of amides is 1. The van der Waals surface area contributed by atoms with E-state index in [1.165, 1.54) is 0 Å². The molecule has 1 aromatic carbocycles. The van der Waals surface area contributed by atoms with Gasteiger partial charge in [-0.05, 0) is 38.3 Å². The summed E-state index contributed by atoms with van der Waals surface area (Å²) in [5, 5.41) is 0. The van der Waals surface area contributed by atoms with E-state index in [0.717, 1.165) is 57.7 Å². The number of hydrogen-bond acceptors (Lipinski definition) is 4. The molecule has 0 unspecified atom stereocenters. The van der Waals surface area contributed by atoms with Crippen molar-refractivity contribution in [3.63, 3.8) is 0 Å². The Hall–Kier alpha value is -1.59. The van der Waals surface area contributed by atoms with Crippen LogP contribution in [-0.4, -0.2) is 55.4 Å². The fourth-order valence-corrected chi connectivity index (χ4v) is 3.63. The Kier molecular flexibility index (Phi) is 5.74. The normalized spacial score (nSPS) is 23.2. The maximum absolute atomic E-state index is 12.3. The maximum atomic E-state index is 12.3. The van der Waals surface area contributed by atoms with E-state index in [1.54, 1.807) is 0 Å². The summed E-state index contributed by atoms with van der Waals surface area (Å²) < 4.78 is 17.4. The second kappa shape index (κ2) is 7.99. The molecule has 1 aromatic rings. The first-order chi connectivity index (χ1) is 11.7. The second-order valence-electron chi connectivity index (χ2n) is 6.58. The largest absolute Gasteiger partial charge is 0.484 e. The zero-order valence-corrected chi connectivity index (χ0v) is 14.4. The van der Waals surface area contributed by atoms with Crippen molar-refractivity contribution in [2.24, 2.45) is 0 Å². The molecule has 2 aliphatic rings. The van der Waals surface area contributed by atoms with E-state index in [-0.39, 0.29) is 18.1 Å². The van der Waals surface area contributed by atoms with Gasteiger partial charge in [0.15, 0.2) is 6.61 Å². The first kappa shape index (κ1) is 17.2. The molecule has 5 heteroatoms. The first-order valence-electron chi connectivity index (χ1n) is 8.92. The van der Waals surface area contributed by atoms with E-state index < -0.39 is 0 Å². The van der Waals surface area contributed by atoms with Gasteiger partial charge in [0, 0.05) is 32.7 Å². The highest BCUT2D eigenvalue weighted by atomic mass is 16.5. The monoisotopic (exact) mass is 333 g/mol. The Morgan fingerprint density at radius 3 is 2.75 bits per heavy atom. The summed E-state index contributed by atoms with van der Waals surface area (Å²) in [4.78, 5) is 14.2. The van der Waals surface area contributed by atoms with E-state index in [0.29, 0.717) is 6.10 Å². The minimum atomic E-state index is -0.102. The van der Waals surface area contributed by atoms with Gasteiger partial charge in [0.25, 0.3) is 5.91 Å². The van der Waals surface area contributed by atoms with E-state index in [4.69, 9.17) is 14.2 Å². The number of hydrogen-bond donors (Lipinski definition) is 0. The van der Waals surface area contributed by atoms with E-state index in [1.807, 2.05) is 42.2 Å². The highest BCUT2D eigenvalue weighted by molar-refractivity contribution is 5.77. The van der Waals surface area contributed by atoms with E-state index in [9.17, 15) is 4.79 Å². The third-order valence-electron chi connectivity index (χ3n) is 4.98. The first-order valence-corrected chi connectivity index (χ1v) is 8.92. The summed E-state index contributed by atoms with van der Waals surface area (Å²) >= 11 is 0. The van der Waals surface area contributed by atoms with Gasteiger partial charge in [0.1, 0.15) is 5.75 Å². The van der Waals surface area contributed by atoms with Gasteiger partial charge in [-0.2, -0.15) is 0 Å². The average Bonchev–Trinajstić information content (AvgIpc) is 2.62. The predicted molar refractivity (Wildman–Crippen MR) is 91.1 cm³/mol. The molecule has 2 aliphatic heterocycles. The Balaban J connectivity index is 1.46. The van der Waals surface area contributed by atoms with Crippen LogP contribution >= 0.6 is 0 Å². The molecule has 5 nitrogen and oxygen atoms in total. The molecule has 2 heterocycles. The lowest BCUT2D eigenvalue weighted by Gasteiger charge is -2.46. The van der Waals surface area contributed by atoms with Crippen molar-refractivity contribution in [2.45, 2.75) is 44.3 Å². The van der Waals surface area contributed by atoms with Crippen LogP contribution in [0.2, 0.25) is 0 Å². The van der Waals surface area contributed by atoms with Gasteiger partial charge in [-0.1, -0.05) is 18.2 Å².